The number of nitrogens with zero attached hydrogens (tertiary/aromatic N) is 4. The standard InChI is InChI=1S/C21H24ClN5O2S/c1-3-4-16-12-18(28)27-20(23-16)30-21(25-27)26-9-7-14(8-10-26)19(29)24-17-6-5-15(22)11-13(17)2/h5-6,11-12,14H,3-4,7-10H2,1-2H3,(H,24,29). The number of hydrogen-bond donors (Lipinski definition) is 1. The lowest BCUT2D eigenvalue weighted by molar-refractivity contribution is -0.120. The van der Waals surface area contributed by atoms with Crippen LogP contribution in [0.25, 0.3) is 4.96 Å². The molecule has 1 amide bonds. The van der Waals surface area contributed by atoms with Crippen LogP contribution < -0.4 is 15.8 Å². The highest BCUT2D eigenvalue weighted by Gasteiger charge is 2.27. The Hall–Kier alpha value is -2.45. The number of carbonyl (C=O) groups is 1. The maximum absolute atomic E-state index is 12.7. The minimum absolute atomic E-state index is 0.0338. The summed E-state index contributed by atoms with van der Waals surface area (Å²) >= 11 is 7.42. The number of piperidine rings is 1. The second kappa shape index (κ2) is 8.73. The number of anilines is 2. The van der Waals surface area contributed by atoms with Crippen LogP contribution in [0.2, 0.25) is 5.02 Å². The first-order valence-electron chi connectivity index (χ1n) is 10.2. The van der Waals surface area contributed by atoms with Gasteiger partial charge in [0, 0.05) is 41.5 Å². The summed E-state index contributed by atoms with van der Waals surface area (Å²) in [4.78, 5) is 32.3. The molecule has 3 heterocycles. The highest BCUT2D eigenvalue weighted by molar-refractivity contribution is 7.20. The van der Waals surface area contributed by atoms with Crippen LogP contribution >= 0.6 is 22.9 Å². The van der Waals surface area contributed by atoms with Gasteiger partial charge in [0.1, 0.15) is 0 Å². The van der Waals surface area contributed by atoms with Crippen LogP contribution in [-0.4, -0.2) is 33.6 Å². The van der Waals surface area contributed by atoms with Crippen molar-refractivity contribution in [2.24, 2.45) is 5.92 Å². The quantitative estimate of drug-likeness (QED) is 0.643. The second-order valence-corrected chi connectivity index (χ2v) is 9.00. The molecule has 1 saturated heterocycles. The Morgan fingerprint density at radius 3 is 2.77 bits per heavy atom. The number of carbonyl (C=O) groups excluding carboxylic acids is 1. The summed E-state index contributed by atoms with van der Waals surface area (Å²) in [5, 5.41) is 8.93. The van der Waals surface area contributed by atoms with Crippen molar-refractivity contribution in [1.82, 2.24) is 14.6 Å². The van der Waals surface area contributed by atoms with Crippen molar-refractivity contribution in [3.63, 3.8) is 0 Å². The Kier molecular flexibility index (Phi) is 6.06. The van der Waals surface area contributed by atoms with E-state index < -0.39 is 0 Å². The molecule has 3 aromatic rings. The molecule has 1 aliphatic heterocycles. The van der Waals surface area contributed by atoms with Crippen molar-refractivity contribution in [3.05, 3.63) is 50.9 Å². The molecular weight excluding hydrogens is 422 g/mol. The number of fused-ring (bicyclic) bond motifs is 1. The third-order valence-electron chi connectivity index (χ3n) is 5.38. The zero-order valence-electron chi connectivity index (χ0n) is 17.0. The monoisotopic (exact) mass is 445 g/mol. The molecule has 7 nitrogen and oxygen atoms in total. The molecule has 158 valence electrons. The van der Waals surface area contributed by atoms with Crippen molar-refractivity contribution in [3.8, 4) is 0 Å². The number of rotatable bonds is 5. The van der Waals surface area contributed by atoms with Gasteiger partial charge in [-0.2, -0.15) is 4.52 Å². The SMILES string of the molecule is CCCc1cc(=O)n2nc(N3CCC(C(=O)Nc4ccc(Cl)cc4C)CC3)sc2n1. The summed E-state index contributed by atoms with van der Waals surface area (Å²) in [6, 6.07) is 7.02. The lowest BCUT2D eigenvalue weighted by Crippen LogP contribution is -2.38. The first kappa shape index (κ1) is 20.8. The molecule has 1 aromatic carbocycles. The number of amides is 1. The fourth-order valence-electron chi connectivity index (χ4n) is 3.69. The van der Waals surface area contributed by atoms with Crippen molar-refractivity contribution >= 4 is 44.6 Å². The van der Waals surface area contributed by atoms with Crippen LogP contribution in [0.1, 0.15) is 37.4 Å². The van der Waals surface area contributed by atoms with Gasteiger partial charge in [0.25, 0.3) is 5.56 Å². The van der Waals surface area contributed by atoms with Gasteiger partial charge >= 0.3 is 0 Å². The van der Waals surface area contributed by atoms with Crippen molar-refractivity contribution < 1.29 is 4.79 Å². The molecule has 1 N–H and O–H groups in total. The van der Waals surface area contributed by atoms with E-state index in [-0.39, 0.29) is 17.4 Å². The minimum Gasteiger partial charge on any atom is -0.347 e. The van der Waals surface area contributed by atoms with E-state index in [1.807, 2.05) is 19.1 Å². The normalized spacial score (nSPS) is 15.0. The molecule has 2 aromatic heterocycles. The fraction of sp³-hybridized carbons (Fsp3) is 0.429. The zero-order valence-corrected chi connectivity index (χ0v) is 18.6. The summed E-state index contributed by atoms with van der Waals surface area (Å²) < 4.78 is 1.38. The summed E-state index contributed by atoms with van der Waals surface area (Å²) in [5.74, 6) is -0.0193. The van der Waals surface area contributed by atoms with Crippen LogP contribution in [0.15, 0.2) is 29.1 Å². The van der Waals surface area contributed by atoms with Gasteiger partial charge in [-0.1, -0.05) is 36.3 Å². The molecular formula is C21H24ClN5O2S. The first-order chi connectivity index (χ1) is 14.4. The van der Waals surface area contributed by atoms with Crippen molar-refractivity contribution in [1.29, 1.82) is 0 Å². The van der Waals surface area contributed by atoms with Gasteiger partial charge in [0.2, 0.25) is 16.0 Å². The predicted octanol–water partition coefficient (Wildman–Crippen LogP) is 3.92. The Labute approximate surface area is 183 Å². The Morgan fingerprint density at radius 2 is 2.07 bits per heavy atom. The Balaban J connectivity index is 1.42. The van der Waals surface area contributed by atoms with Crippen LogP contribution in [-0.2, 0) is 11.2 Å². The second-order valence-electron chi connectivity index (χ2n) is 7.62. The number of aromatic nitrogens is 3. The molecule has 0 unspecified atom stereocenters. The van der Waals surface area contributed by atoms with Gasteiger partial charge in [0.15, 0.2) is 0 Å². The van der Waals surface area contributed by atoms with Gasteiger partial charge in [-0.25, -0.2) is 4.98 Å². The highest BCUT2D eigenvalue weighted by atomic mass is 35.5. The summed E-state index contributed by atoms with van der Waals surface area (Å²) in [6.07, 6.45) is 3.20. The molecule has 0 radical (unpaired) electrons. The topological polar surface area (TPSA) is 79.6 Å². The van der Waals surface area contributed by atoms with Crippen molar-refractivity contribution in [2.45, 2.75) is 39.5 Å². The molecule has 0 bridgehead atoms. The maximum Gasteiger partial charge on any atom is 0.275 e. The van der Waals surface area contributed by atoms with Crippen molar-refractivity contribution in [2.75, 3.05) is 23.3 Å². The number of benzene rings is 1. The van der Waals surface area contributed by atoms with E-state index in [0.29, 0.717) is 23.1 Å². The van der Waals surface area contributed by atoms with E-state index in [0.717, 1.165) is 47.8 Å². The van der Waals surface area contributed by atoms with Crippen LogP contribution in [0, 0.1) is 12.8 Å². The van der Waals surface area contributed by atoms with Gasteiger partial charge < -0.3 is 10.2 Å². The molecule has 1 fully saturated rings. The van der Waals surface area contributed by atoms with E-state index in [4.69, 9.17) is 11.6 Å². The predicted molar refractivity (Wildman–Crippen MR) is 121 cm³/mol. The highest BCUT2D eigenvalue weighted by Crippen LogP contribution is 2.28. The van der Waals surface area contributed by atoms with E-state index in [2.05, 4.69) is 27.2 Å². The molecule has 1 aliphatic rings. The summed E-state index contributed by atoms with van der Waals surface area (Å²) in [7, 11) is 0. The third-order valence-corrected chi connectivity index (χ3v) is 6.58. The summed E-state index contributed by atoms with van der Waals surface area (Å²) in [5.41, 5.74) is 2.42. The molecule has 4 rings (SSSR count). The molecule has 0 spiro atoms. The van der Waals surface area contributed by atoms with Gasteiger partial charge in [-0.05, 0) is 49.9 Å². The Morgan fingerprint density at radius 1 is 1.30 bits per heavy atom. The Bertz CT molecular complexity index is 1130. The number of hydrogen-bond acceptors (Lipinski definition) is 6. The van der Waals surface area contributed by atoms with Gasteiger partial charge in [-0.3, -0.25) is 9.59 Å². The third kappa shape index (κ3) is 4.34. The van der Waals surface area contributed by atoms with Gasteiger partial charge in [0.05, 0.1) is 0 Å². The van der Waals surface area contributed by atoms with E-state index >= 15 is 0 Å². The number of halogens is 1. The number of aryl methyl sites for hydroxylation is 2. The van der Waals surface area contributed by atoms with Crippen LogP contribution in [0.4, 0.5) is 10.8 Å². The minimum atomic E-state index is -0.140. The first-order valence-corrected chi connectivity index (χ1v) is 11.4. The van der Waals surface area contributed by atoms with E-state index in [1.54, 1.807) is 12.1 Å². The van der Waals surface area contributed by atoms with E-state index in [9.17, 15) is 9.59 Å². The molecule has 30 heavy (non-hydrogen) atoms. The molecule has 9 heteroatoms. The van der Waals surface area contributed by atoms with Crippen LogP contribution in [0.5, 0.6) is 0 Å². The maximum atomic E-state index is 12.7. The molecule has 0 saturated carbocycles. The lowest BCUT2D eigenvalue weighted by Gasteiger charge is -2.30. The van der Waals surface area contributed by atoms with E-state index in [1.165, 1.54) is 15.9 Å². The number of nitrogens with one attached hydrogen (secondary N) is 1. The zero-order chi connectivity index (χ0) is 21.3. The van der Waals surface area contributed by atoms with Crippen LogP contribution in [0.3, 0.4) is 0 Å². The lowest BCUT2D eigenvalue weighted by atomic mass is 9.96. The average Bonchev–Trinajstić information content (AvgIpc) is 3.15. The largest absolute Gasteiger partial charge is 0.347 e. The smallest absolute Gasteiger partial charge is 0.275 e. The molecule has 0 aliphatic carbocycles. The molecule has 0 atom stereocenters. The summed E-state index contributed by atoms with van der Waals surface area (Å²) in [6.45, 7) is 5.43. The average molecular weight is 446 g/mol. The fourth-order valence-corrected chi connectivity index (χ4v) is 4.90. The van der Waals surface area contributed by atoms with Gasteiger partial charge in [-0.15, -0.1) is 5.10 Å².